The molecule has 1 aliphatic heterocycles. The summed E-state index contributed by atoms with van der Waals surface area (Å²) in [6, 6.07) is 6.49. The smallest absolute Gasteiger partial charge is 0.251 e. The van der Waals surface area contributed by atoms with E-state index in [0.29, 0.717) is 4.83 Å². The van der Waals surface area contributed by atoms with Gasteiger partial charge in [0.25, 0.3) is 5.91 Å². The van der Waals surface area contributed by atoms with Crippen LogP contribution >= 0.6 is 15.9 Å². The fourth-order valence-electron chi connectivity index (χ4n) is 3.47. The zero-order valence-corrected chi connectivity index (χ0v) is 13.4. The maximum Gasteiger partial charge on any atom is 0.251 e. The summed E-state index contributed by atoms with van der Waals surface area (Å²) in [6.45, 7) is 0.795. The first kappa shape index (κ1) is 14.1. The number of halogens is 1. The van der Waals surface area contributed by atoms with Gasteiger partial charge in [0.05, 0.1) is 0 Å². The highest BCUT2D eigenvalue weighted by molar-refractivity contribution is 9.09. The van der Waals surface area contributed by atoms with Crippen molar-refractivity contribution >= 4 is 21.8 Å². The predicted molar refractivity (Wildman–Crippen MR) is 85.3 cm³/mol. The Balaban J connectivity index is 1.85. The molecule has 1 amide bonds. The van der Waals surface area contributed by atoms with Gasteiger partial charge in [0.2, 0.25) is 0 Å². The van der Waals surface area contributed by atoms with Gasteiger partial charge in [-0.05, 0) is 48.8 Å². The van der Waals surface area contributed by atoms with Crippen LogP contribution in [0, 0.1) is 5.92 Å². The number of carbonyl (C=O) groups excluding carboxylic acids is 1. The molecule has 1 aromatic rings. The SMILES string of the molecule is O=C1NCCCc2ccc(C(Br)C3CCCCC3)cc21. The summed E-state index contributed by atoms with van der Waals surface area (Å²) in [5.41, 5.74) is 3.36. The lowest BCUT2D eigenvalue weighted by Crippen LogP contribution is -2.23. The Kier molecular flexibility index (Phi) is 4.45. The lowest BCUT2D eigenvalue weighted by molar-refractivity contribution is 0.0956. The quantitative estimate of drug-likeness (QED) is 0.798. The van der Waals surface area contributed by atoms with E-state index in [1.54, 1.807) is 0 Å². The van der Waals surface area contributed by atoms with E-state index >= 15 is 0 Å². The fourth-order valence-corrected chi connectivity index (χ4v) is 4.28. The zero-order chi connectivity index (χ0) is 13.9. The van der Waals surface area contributed by atoms with Gasteiger partial charge in [-0.3, -0.25) is 4.79 Å². The molecule has 20 heavy (non-hydrogen) atoms. The topological polar surface area (TPSA) is 29.1 Å². The van der Waals surface area contributed by atoms with Crippen molar-refractivity contribution in [2.24, 2.45) is 5.92 Å². The predicted octanol–water partition coefficient (Wildman–Crippen LogP) is 4.38. The minimum absolute atomic E-state index is 0.0997. The first-order chi connectivity index (χ1) is 9.75. The highest BCUT2D eigenvalue weighted by Crippen LogP contribution is 2.40. The highest BCUT2D eigenvalue weighted by Gasteiger charge is 2.24. The Hall–Kier alpha value is -0.830. The van der Waals surface area contributed by atoms with Crippen LogP contribution < -0.4 is 5.32 Å². The molecular weight excluding hydrogens is 314 g/mol. The third kappa shape index (κ3) is 2.93. The molecule has 1 heterocycles. The molecule has 1 unspecified atom stereocenters. The molecule has 3 heteroatoms. The van der Waals surface area contributed by atoms with E-state index in [1.807, 2.05) is 0 Å². The number of carbonyl (C=O) groups is 1. The second-order valence-electron chi connectivity index (χ2n) is 6.08. The van der Waals surface area contributed by atoms with Crippen LogP contribution in [-0.2, 0) is 6.42 Å². The first-order valence-corrected chi connectivity index (χ1v) is 8.72. The van der Waals surface area contributed by atoms with Crippen LogP contribution in [0.4, 0.5) is 0 Å². The number of hydrogen-bond acceptors (Lipinski definition) is 1. The number of amides is 1. The molecule has 0 aromatic heterocycles. The molecule has 0 bridgehead atoms. The van der Waals surface area contributed by atoms with Crippen LogP contribution in [0.2, 0.25) is 0 Å². The average Bonchev–Trinajstić information content (AvgIpc) is 2.69. The molecular formula is C17H22BrNO. The van der Waals surface area contributed by atoms with E-state index in [1.165, 1.54) is 43.2 Å². The number of aryl methyl sites for hydroxylation is 1. The zero-order valence-electron chi connectivity index (χ0n) is 11.8. The van der Waals surface area contributed by atoms with E-state index < -0.39 is 0 Å². The molecule has 3 rings (SSSR count). The molecule has 108 valence electrons. The summed E-state index contributed by atoms with van der Waals surface area (Å²) in [5, 5.41) is 2.99. The van der Waals surface area contributed by atoms with Crippen molar-refractivity contribution in [3.63, 3.8) is 0 Å². The molecule has 1 N–H and O–H groups in total. The van der Waals surface area contributed by atoms with Crippen LogP contribution in [0.3, 0.4) is 0 Å². The third-order valence-electron chi connectivity index (χ3n) is 4.67. The van der Waals surface area contributed by atoms with Crippen LogP contribution in [0.1, 0.15) is 64.8 Å². The number of fused-ring (bicyclic) bond motifs is 1. The summed E-state index contributed by atoms with van der Waals surface area (Å²) in [6.07, 6.45) is 8.72. The van der Waals surface area contributed by atoms with Crippen molar-refractivity contribution < 1.29 is 4.79 Å². The number of alkyl halides is 1. The number of hydrogen-bond donors (Lipinski definition) is 1. The minimum Gasteiger partial charge on any atom is -0.352 e. The Morgan fingerprint density at radius 1 is 1.15 bits per heavy atom. The Morgan fingerprint density at radius 3 is 2.75 bits per heavy atom. The van der Waals surface area contributed by atoms with Crippen LogP contribution in [0.25, 0.3) is 0 Å². The third-order valence-corrected chi connectivity index (χ3v) is 5.95. The fraction of sp³-hybridized carbons (Fsp3) is 0.588. The molecule has 2 nitrogen and oxygen atoms in total. The van der Waals surface area contributed by atoms with Gasteiger partial charge in [-0.1, -0.05) is 47.3 Å². The van der Waals surface area contributed by atoms with Gasteiger partial charge in [-0.2, -0.15) is 0 Å². The molecule has 1 aliphatic carbocycles. The maximum absolute atomic E-state index is 12.1. The van der Waals surface area contributed by atoms with Crippen molar-refractivity contribution in [2.75, 3.05) is 6.54 Å². The maximum atomic E-state index is 12.1. The summed E-state index contributed by atoms with van der Waals surface area (Å²) in [4.78, 5) is 12.5. The van der Waals surface area contributed by atoms with Crippen molar-refractivity contribution in [1.82, 2.24) is 5.32 Å². The average molecular weight is 336 g/mol. The van der Waals surface area contributed by atoms with Crippen LogP contribution in [0.5, 0.6) is 0 Å². The Morgan fingerprint density at radius 2 is 1.95 bits per heavy atom. The summed E-state index contributed by atoms with van der Waals surface area (Å²) in [7, 11) is 0. The highest BCUT2D eigenvalue weighted by atomic mass is 79.9. The van der Waals surface area contributed by atoms with E-state index in [0.717, 1.165) is 30.9 Å². The standard InChI is InChI=1S/C17H22BrNO/c18-16(13-5-2-1-3-6-13)14-9-8-12-7-4-10-19-17(20)15(12)11-14/h8-9,11,13,16H,1-7,10H2,(H,19,20). The monoisotopic (exact) mass is 335 g/mol. The van der Waals surface area contributed by atoms with E-state index in [4.69, 9.17) is 0 Å². The van der Waals surface area contributed by atoms with Crippen molar-refractivity contribution in [2.45, 2.75) is 49.8 Å². The second kappa shape index (κ2) is 6.30. The van der Waals surface area contributed by atoms with Crippen molar-refractivity contribution in [1.29, 1.82) is 0 Å². The normalized spacial score (nSPS) is 21.8. The van der Waals surface area contributed by atoms with Gasteiger partial charge in [0.15, 0.2) is 0 Å². The molecule has 0 radical (unpaired) electrons. The van der Waals surface area contributed by atoms with Gasteiger partial charge >= 0.3 is 0 Å². The van der Waals surface area contributed by atoms with E-state index in [9.17, 15) is 4.79 Å². The van der Waals surface area contributed by atoms with E-state index in [-0.39, 0.29) is 5.91 Å². The Bertz CT molecular complexity index is 494. The van der Waals surface area contributed by atoms with Gasteiger partial charge in [-0.25, -0.2) is 0 Å². The van der Waals surface area contributed by atoms with Crippen molar-refractivity contribution in [3.8, 4) is 0 Å². The minimum atomic E-state index is 0.0997. The molecule has 1 aromatic carbocycles. The summed E-state index contributed by atoms with van der Waals surface area (Å²) >= 11 is 3.88. The van der Waals surface area contributed by atoms with Gasteiger partial charge < -0.3 is 5.32 Å². The molecule has 1 saturated carbocycles. The number of benzene rings is 1. The number of rotatable bonds is 2. The lowest BCUT2D eigenvalue weighted by Gasteiger charge is -2.27. The van der Waals surface area contributed by atoms with E-state index in [2.05, 4.69) is 39.4 Å². The lowest BCUT2D eigenvalue weighted by atomic mass is 9.84. The van der Waals surface area contributed by atoms with Crippen LogP contribution in [-0.4, -0.2) is 12.5 Å². The van der Waals surface area contributed by atoms with Crippen LogP contribution in [0.15, 0.2) is 18.2 Å². The van der Waals surface area contributed by atoms with Gasteiger partial charge in [-0.15, -0.1) is 0 Å². The molecule has 0 saturated heterocycles. The van der Waals surface area contributed by atoms with Crippen molar-refractivity contribution in [3.05, 3.63) is 34.9 Å². The number of nitrogens with one attached hydrogen (secondary N) is 1. The molecule has 1 fully saturated rings. The molecule has 2 aliphatic rings. The summed E-state index contributed by atoms with van der Waals surface area (Å²) < 4.78 is 0. The van der Waals surface area contributed by atoms with Gasteiger partial charge in [0, 0.05) is 16.9 Å². The van der Waals surface area contributed by atoms with Gasteiger partial charge in [0.1, 0.15) is 0 Å². The second-order valence-corrected chi connectivity index (χ2v) is 7.06. The molecule has 0 spiro atoms. The Labute approximate surface area is 129 Å². The summed E-state index contributed by atoms with van der Waals surface area (Å²) in [5.74, 6) is 0.818. The largest absolute Gasteiger partial charge is 0.352 e. The molecule has 1 atom stereocenters. The first-order valence-electron chi connectivity index (χ1n) is 7.81.